The molecule has 2 heterocycles. The van der Waals surface area contributed by atoms with Crippen LogP contribution in [0.5, 0.6) is 5.75 Å². The summed E-state index contributed by atoms with van der Waals surface area (Å²) in [6.45, 7) is 4.55. The molecule has 0 aliphatic carbocycles. The molecular formula is C22H22N4O2S. The summed E-state index contributed by atoms with van der Waals surface area (Å²) in [7, 11) is 0. The lowest BCUT2D eigenvalue weighted by atomic mass is 10.2. The highest BCUT2D eigenvalue weighted by Gasteiger charge is 2.21. The highest BCUT2D eigenvalue weighted by molar-refractivity contribution is 8.00. The third-order valence-corrected chi connectivity index (χ3v) is 5.90. The number of ether oxygens (including phenoxy) is 1. The number of pyridine rings is 1. The van der Waals surface area contributed by atoms with Crippen molar-refractivity contribution in [1.82, 2.24) is 14.6 Å². The maximum Gasteiger partial charge on any atom is 0.237 e. The highest BCUT2D eigenvalue weighted by atomic mass is 32.2. The molecule has 0 aliphatic rings. The van der Waals surface area contributed by atoms with E-state index >= 15 is 0 Å². The van der Waals surface area contributed by atoms with Gasteiger partial charge in [-0.2, -0.15) is 0 Å². The number of para-hydroxylation sites is 1. The number of carbonyl (C=O) groups is 1. The molecule has 2 aromatic heterocycles. The Kier molecular flexibility index (Phi) is 5.67. The van der Waals surface area contributed by atoms with E-state index < -0.39 is 0 Å². The number of amides is 1. The van der Waals surface area contributed by atoms with Crippen LogP contribution in [0.2, 0.25) is 0 Å². The predicted octanol–water partition coefficient (Wildman–Crippen LogP) is 4.79. The Balaban J connectivity index is 1.55. The molecule has 4 rings (SSSR count). The van der Waals surface area contributed by atoms with Gasteiger partial charge in [0, 0.05) is 5.69 Å². The van der Waals surface area contributed by atoms with Crippen LogP contribution in [-0.2, 0) is 4.79 Å². The minimum Gasteiger partial charge on any atom is -0.494 e. The Hall–Kier alpha value is -3.06. The molecule has 148 valence electrons. The van der Waals surface area contributed by atoms with Crippen molar-refractivity contribution >= 4 is 39.9 Å². The van der Waals surface area contributed by atoms with Crippen molar-refractivity contribution in [3.63, 3.8) is 0 Å². The summed E-state index contributed by atoms with van der Waals surface area (Å²) in [5, 5.41) is 13.1. The molecule has 29 heavy (non-hydrogen) atoms. The summed E-state index contributed by atoms with van der Waals surface area (Å²) in [5.74, 6) is 0.729. The van der Waals surface area contributed by atoms with Crippen molar-refractivity contribution in [3.8, 4) is 5.75 Å². The van der Waals surface area contributed by atoms with Gasteiger partial charge in [-0.25, -0.2) is 0 Å². The van der Waals surface area contributed by atoms with Crippen molar-refractivity contribution in [2.75, 3.05) is 11.9 Å². The Labute approximate surface area is 173 Å². The molecule has 7 heteroatoms. The van der Waals surface area contributed by atoms with Crippen LogP contribution in [0.4, 0.5) is 5.69 Å². The topological polar surface area (TPSA) is 68.5 Å². The number of rotatable bonds is 7. The van der Waals surface area contributed by atoms with Crippen LogP contribution in [0.1, 0.15) is 20.3 Å². The summed E-state index contributed by atoms with van der Waals surface area (Å²) in [4.78, 5) is 12.9. The fourth-order valence-corrected chi connectivity index (χ4v) is 4.13. The predicted molar refractivity (Wildman–Crippen MR) is 117 cm³/mol. The zero-order valence-electron chi connectivity index (χ0n) is 16.3. The molecule has 1 amide bonds. The van der Waals surface area contributed by atoms with Gasteiger partial charge in [0.1, 0.15) is 5.75 Å². The number of nitrogens with zero attached hydrogens (tertiary/aromatic N) is 3. The molecule has 0 saturated heterocycles. The highest BCUT2D eigenvalue weighted by Crippen LogP contribution is 2.28. The van der Waals surface area contributed by atoms with Crippen molar-refractivity contribution < 1.29 is 9.53 Å². The first-order valence-electron chi connectivity index (χ1n) is 9.63. The van der Waals surface area contributed by atoms with Crippen molar-refractivity contribution in [2.24, 2.45) is 0 Å². The van der Waals surface area contributed by atoms with E-state index in [9.17, 15) is 4.79 Å². The number of hydrogen-bond acceptors (Lipinski definition) is 5. The van der Waals surface area contributed by atoms with E-state index in [1.165, 1.54) is 11.8 Å². The minimum absolute atomic E-state index is 0.0568. The summed E-state index contributed by atoms with van der Waals surface area (Å²) in [6, 6.07) is 19.5. The van der Waals surface area contributed by atoms with Crippen LogP contribution in [0.3, 0.4) is 0 Å². The lowest BCUT2D eigenvalue weighted by Gasteiger charge is -2.14. The average molecular weight is 407 g/mol. The molecule has 1 unspecified atom stereocenters. The number of benzene rings is 2. The quantitative estimate of drug-likeness (QED) is 0.447. The third kappa shape index (κ3) is 4.05. The minimum atomic E-state index is -0.284. The summed E-state index contributed by atoms with van der Waals surface area (Å²) in [5.41, 5.74) is 2.54. The van der Waals surface area contributed by atoms with Crippen LogP contribution in [0.15, 0.2) is 65.8 Å². The Morgan fingerprint density at radius 3 is 2.62 bits per heavy atom. The van der Waals surface area contributed by atoms with Gasteiger partial charge in [-0.15, -0.1) is 10.2 Å². The summed E-state index contributed by atoms with van der Waals surface area (Å²) in [6.07, 6.45) is 0.674. The fourth-order valence-electron chi connectivity index (χ4n) is 3.16. The Bertz CT molecular complexity index is 1140. The largest absolute Gasteiger partial charge is 0.494 e. The lowest BCUT2D eigenvalue weighted by molar-refractivity contribution is -0.115. The van der Waals surface area contributed by atoms with Gasteiger partial charge in [0.05, 0.1) is 17.4 Å². The van der Waals surface area contributed by atoms with Crippen molar-refractivity contribution in [2.45, 2.75) is 30.7 Å². The molecule has 0 spiro atoms. The van der Waals surface area contributed by atoms with E-state index in [1.54, 1.807) is 0 Å². The van der Waals surface area contributed by atoms with Gasteiger partial charge >= 0.3 is 0 Å². The SMILES string of the molecule is CCOc1ccc(NC(=O)C(CC)Sc2nnc3ccc4ccccc4n23)cc1. The molecule has 0 radical (unpaired) electrons. The molecular weight excluding hydrogens is 384 g/mol. The summed E-state index contributed by atoms with van der Waals surface area (Å²) < 4.78 is 7.45. The van der Waals surface area contributed by atoms with Gasteiger partial charge in [0.15, 0.2) is 10.8 Å². The Morgan fingerprint density at radius 1 is 1.07 bits per heavy atom. The van der Waals surface area contributed by atoms with Crippen molar-refractivity contribution in [3.05, 3.63) is 60.7 Å². The molecule has 0 aliphatic heterocycles. The molecule has 4 aromatic rings. The number of carbonyl (C=O) groups excluding carboxylic acids is 1. The molecule has 1 atom stereocenters. The first-order chi connectivity index (χ1) is 14.2. The molecule has 0 saturated carbocycles. The second-order valence-corrected chi connectivity index (χ2v) is 7.70. The number of anilines is 1. The van der Waals surface area contributed by atoms with Crippen LogP contribution in [0, 0.1) is 0 Å². The maximum absolute atomic E-state index is 12.9. The molecule has 6 nitrogen and oxygen atoms in total. The lowest BCUT2D eigenvalue weighted by Crippen LogP contribution is -2.24. The van der Waals surface area contributed by atoms with E-state index in [-0.39, 0.29) is 11.2 Å². The van der Waals surface area contributed by atoms with Crippen LogP contribution in [-0.4, -0.2) is 32.4 Å². The monoisotopic (exact) mass is 406 g/mol. The first-order valence-corrected chi connectivity index (χ1v) is 10.5. The summed E-state index contributed by atoms with van der Waals surface area (Å²) >= 11 is 1.43. The van der Waals surface area contributed by atoms with Gasteiger partial charge in [-0.1, -0.05) is 36.9 Å². The van der Waals surface area contributed by atoms with E-state index in [1.807, 2.05) is 72.8 Å². The van der Waals surface area contributed by atoms with E-state index in [2.05, 4.69) is 21.6 Å². The van der Waals surface area contributed by atoms with Crippen LogP contribution in [0.25, 0.3) is 16.6 Å². The zero-order chi connectivity index (χ0) is 20.2. The van der Waals surface area contributed by atoms with Gasteiger partial charge in [0.25, 0.3) is 0 Å². The number of nitrogens with one attached hydrogen (secondary N) is 1. The third-order valence-electron chi connectivity index (χ3n) is 4.59. The normalized spacial score (nSPS) is 12.2. The molecule has 2 aromatic carbocycles. The van der Waals surface area contributed by atoms with Gasteiger partial charge in [0.2, 0.25) is 5.91 Å². The number of aromatic nitrogens is 3. The fraction of sp³-hybridized carbons (Fsp3) is 0.227. The van der Waals surface area contributed by atoms with E-state index in [4.69, 9.17) is 4.74 Å². The second kappa shape index (κ2) is 8.53. The second-order valence-electron chi connectivity index (χ2n) is 6.53. The van der Waals surface area contributed by atoms with E-state index in [0.29, 0.717) is 18.2 Å². The first kappa shape index (κ1) is 19.3. The van der Waals surface area contributed by atoms with Gasteiger partial charge in [-0.3, -0.25) is 9.20 Å². The number of thioether (sulfide) groups is 1. The van der Waals surface area contributed by atoms with Crippen LogP contribution >= 0.6 is 11.8 Å². The van der Waals surface area contributed by atoms with E-state index in [0.717, 1.165) is 28.0 Å². The van der Waals surface area contributed by atoms with Crippen LogP contribution < -0.4 is 10.1 Å². The molecule has 0 bridgehead atoms. The standard InChI is InChI=1S/C22H22N4O2S/c1-3-19(21(27)23-16-10-12-17(13-11-16)28-4-2)29-22-25-24-20-14-9-15-7-5-6-8-18(15)26(20)22/h5-14,19H,3-4H2,1-2H3,(H,23,27). The maximum atomic E-state index is 12.9. The zero-order valence-corrected chi connectivity index (χ0v) is 17.1. The van der Waals surface area contributed by atoms with Gasteiger partial charge < -0.3 is 10.1 Å². The van der Waals surface area contributed by atoms with Gasteiger partial charge in [-0.05, 0) is 61.2 Å². The Morgan fingerprint density at radius 2 is 1.86 bits per heavy atom. The average Bonchev–Trinajstić information content (AvgIpc) is 3.17. The van der Waals surface area contributed by atoms with Crippen molar-refractivity contribution in [1.29, 1.82) is 0 Å². The number of hydrogen-bond donors (Lipinski definition) is 1. The molecule has 0 fully saturated rings. The number of fused-ring (bicyclic) bond motifs is 3. The molecule has 1 N–H and O–H groups in total. The smallest absolute Gasteiger partial charge is 0.237 e.